The van der Waals surface area contributed by atoms with Crippen molar-refractivity contribution in [2.45, 2.75) is 64.7 Å². The van der Waals surface area contributed by atoms with E-state index in [1.807, 2.05) is 10.8 Å². The van der Waals surface area contributed by atoms with Gasteiger partial charge in [0.2, 0.25) is 0 Å². The molecule has 5 heteroatoms. The fraction of sp³-hybridized carbons (Fsp3) is 0.524. The Balaban J connectivity index is 0.00000208. The maximum atomic E-state index is 2.42. The van der Waals surface area contributed by atoms with Crippen LogP contribution in [0.4, 0.5) is 0 Å². The van der Waals surface area contributed by atoms with Gasteiger partial charge in [0.1, 0.15) is 0 Å². The van der Waals surface area contributed by atoms with E-state index in [-0.39, 0.29) is 46.7 Å². The van der Waals surface area contributed by atoms with Gasteiger partial charge in [0.15, 0.2) is 0 Å². The molecule has 1 fully saturated rings. The topological polar surface area (TPSA) is 0 Å². The van der Waals surface area contributed by atoms with Crippen molar-refractivity contribution in [1.82, 2.24) is 0 Å². The van der Waals surface area contributed by atoms with Crippen LogP contribution in [0.15, 0.2) is 50.6 Å². The second-order valence-electron chi connectivity index (χ2n) is 7.36. The Morgan fingerprint density at radius 2 is 1.65 bits per heavy atom. The quantitative estimate of drug-likeness (QED) is 0.375. The first-order chi connectivity index (χ1) is 11.3. The van der Waals surface area contributed by atoms with Crippen LogP contribution in [0.5, 0.6) is 0 Å². The summed E-state index contributed by atoms with van der Waals surface area (Å²) in [6, 6.07) is 11.2. The van der Waals surface area contributed by atoms with Crippen molar-refractivity contribution in [2.24, 2.45) is 5.92 Å². The van der Waals surface area contributed by atoms with Crippen LogP contribution in [-0.2, 0) is 20.4 Å². The number of benzene rings is 1. The smallest absolute Gasteiger partial charge is 1.00 e. The maximum absolute atomic E-state index is 2.42. The van der Waals surface area contributed by atoms with E-state index in [2.05, 4.69) is 57.7 Å². The average molecular weight is 464 g/mol. The molecule has 1 saturated carbocycles. The number of halogens is 3. The van der Waals surface area contributed by atoms with Crippen LogP contribution in [0.2, 0.25) is 0 Å². The van der Waals surface area contributed by atoms with Crippen molar-refractivity contribution >= 4 is 14.7 Å². The second-order valence-corrected chi connectivity index (χ2v) is 10.2. The molecule has 0 bridgehead atoms. The van der Waals surface area contributed by atoms with Gasteiger partial charge in [-0.3, -0.25) is 0 Å². The maximum Gasteiger partial charge on any atom is -1.00 e. The number of hydrogen-bond donors (Lipinski definition) is 0. The molecule has 0 nitrogen and oxygen atoms in total. The first-order valence-corrected chi connectivity index (χ1v) is 11.7. The third-order valence-electron chi connectivity index (χ3n) is 5.53. The normalized spacial score (nSPS) is 18.0. The van der Waals surface area contributed by atoms with Crippen molar-refractivity contribution in [3.8, 4) is 0 Å². The molecule has 3 rings (SSSR count). The van der Waals surface area contributed by atoms with Gasteiger partial charge < -0.3 is 37.2 Å². The fourth-order valence-corrected chi connectivity index (χ4v) is 7.16. The zero-order chi connectivity index (χ0) is 16.1. The van der Waals surface area contributed by atoms with Gasteiger partial charge >= 0.3 is 156 Å². The summed E-state index contributed by atoms with van der Waals surface area (Å²) in [6.07, 6.45) is 12.7. The van der Waals surface area contributed by atoms with Crippen molar-refractivity contribution < 1.29 is 57.7 Å². The largest absolute Gasteiger partial charge is 1.00 e. The van der Waals surface area contributed by atoms with Gasteiger partial charge in [0, 0.05) is 0 Å². The van der Waals surface area contributed by atoms with Crippen LogP contribution in [0, 0.1) is 5.92 Å². The molecule has 0 aliphatic heterocycles. The van der Waals surface area contributed by atoms with E-state index in [1.165, 1.54) is 57.8 Å². The molecule has 0 unspecified atom stereocenters. The van der Waals surface area contributed by atoms with Crippen molar-refractivity contribution in [3.63, 3.8) is 0 Å². The van der Waals surface area contributed by atoms with Crippen LogP contribution >= 0.6 is 0 Å². The average Bonchev–Trinajstić information content (AvgIpc) is 2.86. The Morgan fingerprint density at radius 3 is 2.27 bits per heavy atom. The summed E-state index contributed by atoms with van der Waals surface area (Å²) < 4.78 is 1.69. The van der Waals surface area contributed by atoms with Crippen LogP contribution in [-0.4, -0.2) is 9.52 Å². The number of allylic oxidation sites excluding steroid dienone is 4. The molecular formula is C21H29Cl3SiTi. The summed E-state index contributed by atoms with van der Waals surface area (Å²) in [5.41, 5.74) is 3.59. The SMILES string of the molecule is CCCC1=C(CC2CCCCC2)CC([SiH2]c2ccccc2)=[C]1[Ti+3].[Cl-].[Cl-].[Cl-]. The molecule has 0 atom stereocenters. The van der Waals surface area contributed by atoms with Crippen LogP contribution in [0.1, 0.15) is 64.7 Å². The third kappa shape index (κ3) is 7.15. The van der Waals surface area contributed by atoms with Crippen LogP contribution in [0.25, 0.3) is 0 Å². The third-order valence-corrected chi connectivity index (χ3v) is 9.01. The van der Waals surface area contributed by atoms with Gasteiger partial charge in [-0.05, 0) is 0 Å². The predicted molar refractivity (Wildman–Crippen MR) is 99.4 cm³/mol. The van der Waals surface area contributed by atoms with Gasteiger partial charge in [0.25, 0.3) is 0 Å². The summed E-state index contributed by atoms with van der Waals surface area (Å²) >= 11 is 2.42. The van der Waals surface area contributed by atoms with Crippen molar-refractivity contribution in [2.75, 3.05) is 0 Å². The van der Waals surface area contributed by atoms with E-state index in [0.29, 0.717) is 0 Å². The molecule has 0 aromatic heterocycles. The first-order valence-electron chi connectivity index (χ1n) is 9.46. The number of hydrogen-bond acceptors (Lipinski definition) is 0. The van der Waals surface area contributed by atoms with Gasteiger partial charge in [-0.15, -0.1) is 0 Å². The van der Waals surface area contributed by atoms with E-state index in [9.17, 15) is 0 Å². The molecule has 1 aromatic carbocycles. The standard InChI is InChI=1S/C21H29Si.3ClH.Ti/c1-2-9-18-15-21(22-20-12-7-4-8-13-20)16-19(18)14-17-10-5-3-6-11-17;;;;/h4,7-8,12-13,17H,2-3,5-6,9-11,14,16,22H2,1H3;3*1H;/q;;;;+3/p-3. The molecule has 2 aliphatic rings. The van der Waals surface area contributed by atoms with Crippen molar-refractivity contribution in [1.29, 1.82) is 0 Å². The van der Waals surface area contributed by atoms with E-state index >= 15 is 0 Å². The Hall–Kier alpha value is 0.501. The molecule has 26 heavy (non-hydrogen) atoms. The molecule has 0 amide bonds. The van der Waals surface area contributed by atoms with Gasteiger partial charge in [-0.1, -0.05) is 0 Å². The number of rotatable bonds is 6. The fourth-order valence-electron chi connectivity index (χ4n) is 4.32. The molecule has 142 valence electrons. The van der Waals surface area contributed by atoms with E-state index in [1.54, 1.807) is 14.6 Å². The Kier molecular flexibility index (Phi) is 13.9. The molecule has 0 N–H and O–H groups in total. The summed E-state index contributed by atoms with van der Waals surface area (Å²) in [4.78, 5) is 0. The monoisotopic (exact) mass is 462 g/mol. The predicted octanol–water partition coefficient (Wildman–Crippen LogP) is -4.28. The second kappa shape index (κ2) is 13.6. The van der Waals surface area contributed by atoms with Crippen molar-refractivity contribution in [3.05, 3.63) is 50.6 Å². The molecule has 0 heterocycles. The Bertz CT molecular complexity index is 593. The Labute approximate surface area is 192 Å². The molecule has 0 spiro atoms. The zero-order valence-corrected chi connectivity index (χ0v) is 20.9. The Morgan fingerprint density at radius 1 is 1.00 bits per heavy atom. The van der Waals surface area contributed by atoms with Crippen LogP contribution < -0.4 is 42.4 Å². The van der Waals surface area contributed by atoms with Crippen LogP contribution in [0.3, 0.4) is 0 Å². The molecular weight excluding hydrogens is 435 g/mol. The molecule has 0 radical (unpaired) electrons. The van der Waals surface area contributed by atoms with E-state index in [4.69, 9.17) is 0 Å². The zero-order valence-electron chi connectivity index (χ0n) is 15.7. The molecule has 1 aromatic rings. The van der Waals surface area contributed by atoms with E-state index < -0.39 is 0 Å². The summed E-state index contributed by atoms with van der Waals surface area (Å²) in [5, 5.41) is 3.43. The minimum atomic E-state index is -0.263. The minimum absolute atomic E-state index is 0. The van der Waals surface area contributed by atoms with E-state index in [0.717, 1.165) is 5.92 Å². The van der Waals surface area contributed by atoms with Gasteiger partial charge in [-0.2, -0.15) is 0 Å². The summed E-state index contributed by atoms with van der Waals surface area (Å²) in [6.45, 7) is 2.34. The van der Waals surface area contributed by atoms with Gasteiger partial charge in [-0.25, -0.2) is 0 Å². The summed E-state index contributed by atoms with van der Waals surface area (Å²) in [5.74, 6) is 0.983. The first kappa shape index (κ1) is 26.5. The molecule has 2 aliphatic carbocycles. The van der Waals surface area contributed by atoms with Gasteiger partial charge in [0.05, 0.1) is 0 Å². The molecule has 0 saturated heterocycles. The summed E-state index contributed by atoms with van der Waals surface area (Å²) in [7, 11) is -0.263. The minimum Gasteiger partial charge on any atom is -1.00 e.